The van der Waals surface area contributed by atoms with Gasteiger partial charge < -0.3 is 0 Å². The number of fused-ring (bicyclic) bond motifs is 1. The van der Waals surface area contributed by atoms with Gasteiger partial charge >= 0.3 is 0 Å². The second-order valence-electron chi connectivity index (χ2n) is 10.5. The number of nitriles is 1. The van der Waals surface area contributed by atoms with E-state index < -0.39 is 0 Å². The third kappa shape index (κ3) is 4.01. The highest BCUT2D eigenvalue weighted by molar-refractivity contribution is 7.16. The lowest BCUT2D eigenvalue weighted by Crippen LogP contribution is -2.43. The van der Waals surface area contributed by atoms with Crippen LogP contribution in [0.2, 0.25) is 0 Å². The number of carbonyl (C=O) groups is 2. The van der Waals surface area contributed by atoms with E-state index >= 15 is 0 Å². The van der Waals surface area contributed by atoms with Gasteiger partial charge in [-0.2, -0.15) is 5.26 Å². The number of hydrogen-bond acceptors (Lipinski definition) is 4. The third-order valence-corrected chi connectivity index (χ3v) is 8.66. The highest BCUT2D eigenvalue weighted by Crippen LogP contribution is 2.50. The molecule has 2 heterocycles. The fourth-order valence-corrected chi connectivity index (χ4v) is 7.19. The van der Waals surface area contributed by atoms with Gasteiger partial charge in [0.1, 0.15) is 16.9 Å². The van der Waals surface area contributed by atoms with Crippen LogP contribution >= 0.6 is 11.3 Å². The van der Waals surface area contributed by atoms with E-state index in [-0.39, 0.29) is 35.3 Å². The van der Waals surface area contributed by atoms with E-state index in [4.69, 9.17) is 0 Å². The van der Waals surface area contributed by atoms with Gasteiger partial charge in [0, 0.05) is 34.9 Å². The summed E-state index contributed by atoms with van der Waals surface area (Å²) in [6.07, 6.45) is 7.45. The topological polar surface area (TPSA) is 61.2 Å². The predicted octanol–water partition coefficient (Wildman–Crippen LogP) is 6.58. The van der Waals surface area contributed by atoms with Crippen molar-refractivity contribution in [2.24, 2.45) is 5.41 Å². The van der Waals surface area contributed by atoms with Crippen molar-refractivity contribution in [3.63, 3.8) is 0 Å². The first-order valence-corrected chi connectivity index (χ1v) is 13.0. The molecule has 176 valence electrons. The van der Waals surface area contributed by atoms with Gasteiger partial charge in [-0.15, -0.1) is 11.3 Å². The molecule has 1 aromatic carbocycles. The van der Waals surface area contributed by atoms with Crippen molar-refractivity contribution < 1.29 is 14.0 Å². The number of nitrogens with zero attached hydrogens (tertiary/aromatic N) is 2. The van der Waals surface area contributed by atoms with Crippen molar-refractivity contribution in [3.8, 4) is 6.07 Å². The minimum atomic E-state index is -0.380. The zero-order valence-corrected chi connectivity index (χ0v) is 20.6. The summed E-state index contributed by atoms with van der Waals surface area (Å²) in [4.78, 5) is 30.1. The summed E-state index contributed by atoms with van der Waals surface area (Å²) in [6.45, 7) is 4.11. The highest BCUT2D eigenvalue weighted by Gasteiger charge is 2.45. The molecule has 1 amide bonds. The molecule has 0 fully saturated rings. The molecular formula is C28H29FN2O2S. The normalized spacial score (nSPS) is 22.5. The van der Waals surface area contributed by atoms with Crippen LogP contribution in [0.4, 0.5) is 9.39 Å². The summed E-state index contributed by atoms with van der Waals surface area (Å²) < 4.78 is 13.6. The molecule has 5 rings (SSSR count). The first-order valence-electron chi connectivity index (χ1n) is 12.2. The number of Topliss-reactive ketones (excluding diaryl/α,β-unsaturated/α-hetero) is 1. The highest BCUT2D eigenvalue weighted by atomic mass is 32.1. The molecule has 0 saturated heterocycles. The van der Waals surface area contributed by atoms with E-state index in [1.165, 1.54) is 23.4 Å². The minimum Gasteiger partial charge on any atom is -0.294 e. The van der Waals surface area contributed by atoms with E-state index in [0.717, 1.165) is 48.9 Å². The molecule has 1 aromatic heterocycles. The average Bonchev–Trinajstić information content (AvgIpc) is 3.08. The predicted molar refractivity (Wildman–Crippen MR) is 131 cm³/mol. The largest absolute Gasteiger partial charge is 0.294 e. The maximum atomic E-state index is 13.7. The van der Waals surface area contributed by atoms with Gasteiger partial charge in [0.05, 0.1) is 5.56 Å². The molecule has 0 saturated carbocycles. The molecule has 3 aliphatic rings. The van der Waals surface area contributed by atoms with Crippen molar-refractivity contribution in [2.45, 2.75) is 77.6 Å². The molecule has 2 aromatic rings. The van der Waals surface area contributed by atoms with E-state index in [9.17, 15) is 19.2 Å². The van der Waals surface area contributed by atoms with Crippen molar-refractivity contribution >= 4 is 28.0 Å². The molecule has 2 aliphatic carbocycles. The number of aryl methyl sites for hydroxylation is 1. The molecule has 4 nitrogen and oxygen atoms in total. The van der Waals surface area contributed by atoms with Crippen LogP contribution in [-0.2, 0) is 22.4 Å². The Morgan fingerprint density at radius 3 is 2.47 bits per heavy atom. The Balaban J connectivity index is 1.69. The Hall–Kier alpha value is -2.78. The second kappa shape index (κ2) is 8.78. The van der Waals surface area contributed by atoms with Gasteiger partial charge in [0.15, 0.2) is 5.78 Å². The van der Waals surface area contributed by atoms with Crippen LogP contribution in [0.15, 0.2) is 35.5 Å². The van der Waals surface area contributed by atoms with E-state index in [1.54, 1.807) is 28.4 Å². The fraction of sp³-hybridized carbons (Fsp3) is 0.464. The lowest BCUT2D eigenvalue weighted by Gasteiger charge is -2.42. The number of carbonyl (C=O) groups excluding carboxylic acids is 2. The summed E-state index contributed by atoms with van der Waals surface area (Å²) in [5.74, 6) is -0.766. The van der Waals surface area contributed by atoms with Crippen LogP contribution in [0.5, 0.6) is 0 Å². The lowest BCUT2D eigenvalue weighted by atomic mass is 9.69. The Bertz CT molecular complexity index is 1230. The van der Waals surface area contributed by atoms with E-state index in [0.29, 0.717) is 29.0 Å². The number of allylic oxidation sites excluding steroid dienone is 2. The number of rotatable bonds is 2. The maximum Gasteiger partial charge on any atom is 0.232 e. The lowest BCUT2D eigenvalue weighted by molar-refractivity contribution is -0.120. The van der Waals surface area contributed by atoms with Crippen molar-refractivity contribution in [1.82, 2.24) is 0 Å². The van der Waals surface area contributed by atoms with Crippen LogP contribution in [-0.4, -0.2) is 11.7 Å². The number of thiophene rings is 1. The zero-order valence-electron chi connectivity index (χ0n) is 19.7. The first-order chi connectivity index (χ1) is 16.3. The number of ketones is 1. The molecule has 0 spiro atoms. The van der Waals surface area contributed by atoms with Crippen molar-refractivity contribution in [1.29, 1.82) is 5.26 Å². The van der Waals surface area contributed by atoms with Gasteiger partial charge in [-0.05, 0) is 60.8 Å². The van der Waals surface area contributed by atoms with Crippen LogP contribution in [0, 0.1) is 22.6 Å². The molecule has 0 bridgehead atoms. The Labute approximate surface area is 204 Å². The second-order valence-corrected chi connectivity index (χ2v) is 11.6. The summed E-state index contributed by atoms with van der Waals surface area (Å²) in [5, 5.41) is 10.8. The number of anilines is 1. The molecule has 1 atom stereocenters. The SMILES string of the molecule is CC1(C)CC(=O)C2=C(C1)N(c1sc3c(c1C#N)CCCCCC3)C(=O)CC2c1ccc(F)cc1. The zero-order chi connectivity index (χ0) is 24.0. The van der Waals surface area contributed by atoms with Crippen LogP contribution in [0.25, 0.3) is 0 Å². The van der Waals surface area contributed by atoms with Gasteiger partial charge in [-0.25, -0.2) is 4.39 Å². The summed E-state index contributed by atoms with van der Waals surface area (Å²) in [6, 6.07) is 8.54. The molecule has 1 aliphatic heterocycles. The Morgan fingerprint density at radius 2 is 1.76 bits per heavy atom. The Kier molecular flexibility index (Phi) is 5.93. The van der Waals surface area contributed by atoms with Gasteiger partial charge in [0.25, 0.3) is 0 Å². The van der Waals surface area contributed by atoms with Crippen LogP contribution in [0.1, 0.15) is 86.3 Å². The number of hydrogen-bond donors (Lipinski definition) is 0. The molecule has 1 unspecified atom stereocenters. The monoisotopic (exact) mass is 476 g/mol. The summed E-state index contributed by atoms with van der Waals surface area (Å²) >= 11 is 1.56. The van der Waals surface area contributed by atoms with Crippen molar-refractivity contribution in [3.05, 3.63) is 62.9 Å². The van der Waals surface area contributed by atoms with E-state index in [2.05, 4.69) is 19.9 Å². The van der Waals surface area contributed by atoms with Gasteiger partial charge in [-0.1, -0.05) is 38.8 Å². The third-order valence-electron chi connectivity index (χ3n) is 7.38. The van der Waals surface area contributed by atoms with Crippen LogP contribution in [0.3, 0.4) is 0 Å². The quantitative estimate of drug-likeness (QED) is 0.492. The molecular weight excluding hydrogens is 447 g/mol. The fourth-order valence-electron chi connectivity index (χ4n) is 5.81. The smallest absolute Gasteiger partial charge is 0.232 e. The Morgan fingerprint density at radius 1 is 1.06 bits per heavy atom. The van der Waals surface area contributed by atoms with Crippen molar-refractivity contribution in [2.75, 3.05) is 4.90 Å². The standard InChI is InChI=1S/C28H29FN2O2S/c1-28(2)14-22-26(23(32)15-28)20(17-9-11-18(29)12-10-17)13-25(33)31(22)27-21(16-30)19-7-5-3-4-6-8-24(19)34-27/h9-12,20H,3-8,13-15H2,1-2H3. The van der Waals surface area contributed by atoms with E-state index in [1.807, 2.05) is 0 Å². The number of amides is 1. The number of halogens is 1. The molecule has 0 radical (unpaired) electrons. The molecule has 6 heteroatoms. The summed E-state index contributed by atoms with van der Waals surface area (Å²) in [5.41, 5.74) is 3.61. The minimum absolute atomic E-state index is 0.0477. The first kappa shape index (κ1) is 23.0. The maximum absolute atomic E-state index is 13.7. The molecule has 0 N–H and O–H groups in total. The summed E-state index contributed by atoms with van der Waals surface area (Å²) in [7, 11) is 0. The van der Waals surface area contributed by atoms with Crippen LogP contribution < -0.4 is 4.90 Å². The van der Waals surface area contributed by atoms with Gasteiger partial charge in [-0.3, -0.25) is 14.5 Å². The van der Waals surface area contributed by atoms with Gasteiger partial charge in [0.2, 0.25) is 5.91 Å². The molecule has 34 heavy (non-hydrogen) atoms. The average molecular weight is 477 g/mol. The number of benzene rings is 1.